The predicted octanol–water partition coefficient (Wildman–Crippen LogP) is -1.07. The van der Waals surface area contributed by atoms with Crippen LogP contribution in [-0.2, 0) is 20.8 Å². The van der Waals surface area contributed by atoms with Gasteiger partial charge >= 0.3 is 11.9 Å². The third-order valence-corrected chi connectivity index (χ3v) is 1.17. The van der Waals surface area contributed by atoms with E-state index in [4.69, 9.17) is 10.2 Å². The number of carbonyl (C=O) groups is 2. The maximum Gasteiger partial charge on any atom is 0.345 e. The first-order valence-corrected chi connectivity index (χ1v) is 2.92. The van der Waals surface area contributed by atoms with E-state index in [1.54, 1.807) is 0 Å². The smallest absolute Gasteiger partial charge is 0.345 e. The summed E-state index contributed by atoms with van der Waals surface area (Å²) in [5, 5.41) is 16.1. The molecule has 0 spiro atoms. The van der Waals surface area contributed by atoms with Gasteiger partial charge in [-0.3, -0.25) is 4.79 Å². The van der Waals surface area contributed by atoms with Crippen molar-refractivity contribution in [2.45, 2.75) is 6.42 Å². The van der Waals surface area contributed by atoms with Crippen LogP contribution in [0.25, 0.3) is 0 Å². The van der Waals surface area contributed by atoms with Gasteiger partial charge in [-0.05, 0) is 0 Å². The quantitative estimate of drug-likeness (QED) is 0.518. The van der Waals surface area contributed by atoms with Crippen LogP contribution in [0.5, 0.6) is 0 Å². The Kier molecular flexibility index (Phi) is 3.34. The Hall–Kier alpha value is -1.17. The standard InChI is InChI=1S/C4H4O5S/c5-3(6)1-2(10-9)4(7)8/h1H2,(H,5,6)(H,7,8). The topological polar surface area (TPSA) is 91.7 Å². The lowest BCUT2D eigenvalue weighted by atomic mass is 10.3. The fourth-order valence-electron chi connectivity index (χ4n) is 0.278. The summed E-state index contributed by atoms with van der Waals surface area (Å²) in [7, 11) is 0. The van der Waals surface area contributed by atoms with Crippen LogP contribution in [0, 0.1) is 0 Å². The van der Waals surface area contributed by atoms with Gasteiger partial charge in [0.2, 0.25) is 0 Å². The van der Waals surface area contributed by atoms with Gasteiger partial charge in [0.25, 0.3) is 0 Å². The van der Waals surface area contributed by atoms with Gasteiger partial charge in [0.15, 0.2) is 0 Å². The molecule has 0 aliphatic carbocycles. The largest absolute Gasteiger partial charge is 0.481 e. The first-order valence-electron chi connectivity index (χ1n) is 2.18. The molecule has 56 valence electrons. The Morgan fingerprint density at radius 2 is 1.80 bits per heavy atom. The highest BCUT2D eigenvalue weighted by Gasteiger charge is 2.12. The molecule has 0 aromatic rings. The number of hydrogen-bond donors (Lipinski definition) is 2. The Labute approximate surface area is 59.4 Å². The van der Waals surface area contributed by atoms with Crippen LogP contribution in [-0.4, -0.2) is 31.2 Å². The maximum atomic E-state index is 9.94. The third kappa shape index (κ3) is 2.98. The van der Waals surface area contributed by atoms with Crippen LogP contribution in [0.3, 0.4) is 0 Å². The van der Waals surface area contributed by atoms with Crippen LogP contribution >= 0.6 is 0 Å². The second-order valence-electron chi connectivity index (χ2n) is 1.38. The summed E-state index contributed by atoms with van der Waals surface area (Å²) < 4.78 is 9.84. The molecule has 0 aliphatic heterocycles. The van der Waals surface area contributed by atoms with E-state index in [0.717, 1.165) is 0 Å². The molecule has 0 aliphatic rings. The average Bonchev–Trinajstić information content (AvgIpc) is 1.81. The van der Waals surface area contributed by atoms with Gasteiger partial charge in [0.05, 0.1) is 6.42 Å². The number of rotatable bonds is 3. The average molecular weight is 164 g/mol. The molecule has 6 heteroatoms. The molecule has 0 aromatic carbocycles. The zero-order valence-corrected chi connectivity index (χ0v) is 5.55. The van der Waals surface area contributed by atoms with Gasteiger partial charge in [0, 0.05) is 0 Å². The Morgan fingerprint density at radius 3 is 1.90 bits per heavy atom. The molecule has 0 radical (unpaired) electrons. The highest BCUT2D eigenvalue weighted by molar-refractivity contribution is 7.68. The molecule has 10 heavy (non-hydrogen) atoms. The molecule has 0 bridgehead atoms. The lowest BCUT2D eigenvalue weighted by molar-refractivity contribution is -0.137. The fraction of sp³-hybridized carbons (Fsp3) is 0.250. The minimum Gasteiger partial charge on any atom is -0.481 e. The first kappa shape index (κ1) is 8.83. The summed E-state index contributed by atoms with van der Waals surface area (Å²) in [6.45, 7) is 0. The van der Waals surface area contributed by atoms with Crippen LogP contribution in [0.2, 0.25) is 0 Å². The van der Waals surface area contributed by atoms with Gasteiger partial charge < -0.3 is 10.2 Å². The zero-order valence-electron chi connectivity index (χ0n) is 4.73. The van der Waals surface area contributed by atoms with Gasteiger partial charge in [-0.15, -0.1) is 0 Å². The minimum atomic E-state index is -1.47. The lowest BCUT2D eigenvalue weighted by Crippen LogP contribution is -2.16. The summed E-state index contributed by atoms with van der Waals surface area (Å²) in [6.07, 6.45) is -0.719. The fourth-order valence-corrected chi connectivity index (χ4v) is 0.532. The van der Waals surface area contributed by atoms with E-state index in [2.05, 4.69) is 0 Å². The molecule has 5 nitrogen and oxygen atoms in total. The van der Waals surface area contributed by atoms with Crippen molar-refractivity contribution >= 4 is 28.1 Å². The second-order valence-corrected chi connectivity index (χ2v) is 2.04. The van der Waals surface area contributed by atoms with E-state index in [9.17, 15) is 13.8 Å². The van der Waals surface area contributed by atoms with E-state index in [-0.39, 0.29) is 11.3 Å². The second kappa shape index (κ2) is 3.78. The summed E-state index contributed by atoms with van der Waals surface area (Å²) in [6, 6.07) is 0. The zero-order chi connectivity index (χ0) is 8.15. The van der Waals surface area contributed by atoms with Crippen molar-refractivity contribution < 1.29 is 24.0 Å². The molecule has 0 unspecified atom stereocenters. The third-order valence-electron chi connectivity index (χ3n) is 0.651. The van der Waals surface area contributed by atoms with Crippen LogP contribution in [0.1, 0.15) is 6.42 Å². The van der Waals surface area contributed by atoms with E-state index in [1.165, 1.54) is 0 Å². The molecule has 0 heterocycles. The molecular weight excluding hydrogens is 160 g/mol. The Bertz CT molecular complexity index is 214. The maximum absolute atomic E-state index is 9.94. The van der Waals surface area contributed by atoms with E-state index >= 15 is 0 Å². The molecule has 0 rings (SSSR count). The molecule has 0 atom stereocenters. The SMILES string of the molecule is O=S=C(CC(=O)O)C(=O)O. The highest BCUT2D eigenvalue weighted by atomic mass is 32.1. The van der Waals surface area contributed by atoms with E-state index < -0.39 is 23.2 Å². The number of carboxylic acids is 2. The van der Waals surface area contributed by atoms with E-state index in [0.29, 0.717) is 0 Å². The van der Waals surface area contributed by atoms with Crippen molar-refractivity contribution in [3.63, 3.8) is 0 Å². The molecule has 2 N–H and O–H groups in total. The van der Waals surface area contributed by atoms with Crippen LogP contribution < -0.4 is 0 Å². The van der Waals surface area contributed by atoms with Gasteiger partial charge in [-0.2, -0.15) is 0 Å². The van der Waals surface area contributed by atoms with Crippen molar-refractivity contribution in [1.82, 2.24) is 0 Å². The highest BCUT2D eigenvalue weighted by Crippen LogP contribution is 1.83. The summed E-state index contributed by atoms with van der Waals surface area (Å²) >= 11 is -0.307. The minimum absolute atomic E-state index is 0.307. The van der Waals surface area contributed by atoms with Gasteiger partial charge in [-0.1, -0.05) is 0 Å². The van der Waals surface area contributed by atoms with E-state index in [1.807, 2.05) is 0 Å². The van der Waals surface area contributed by atoms with Crippen molar-refractivity contribution in [3.8, 4) is 0 Å². The van der Waals surface area contributed by atoms with Gasteiger partial charge in [0.1, 0.15) is 16.1 Å². The van der Waals surface area contributed by atoms with Crippen molar-refractivity contribution in [1.29, 1.82) is 0 Å². The van der Waals surface area contributed by atoms with Crippen molar-refractivity contribution in [2.75, 3.05) is 0 Å². The Morgan fingerprint density at radius 1 is 1.30 bits per heavy atom. The van der Waals surface area contributed by atoms with Crippen LogP contribution in [0.4, 0.5) is 0 Å². The van der Waals surface area contributed by atoms with Crippen molar-refractivity contribution in [2.24, 2.45) is 0 Å². The number of aliphatic carboxylic acids is 2. The number of carboxylic acid groups (broad SMARTS) is 2. The molecular formula is C4H4O5S. The molecule has 0 amide bonds. The molecule has 0 saturated heterocycles. The predicted molar refractivity (Wildman–Crippen MR) is 33.0 cm³/mol. The van der Waals surface area contributed by atoms with Crippen molar-refractivity contribution in [3.05, 3.63) is 0 Å². The first-order chi connectivity index (χ1) is 4.57. The lowest BCUT2D eigenvalue weighted by Gasteiger charge is -1.88. The summed E-state index contributed by atoms with van der Waals surface area (Å²) in [4.78, 5) is 19.2. The monoisotopic (exact) mass is 164 g/mol. The molecule has 0 saturated carbocycles. The summed E-state index contributed by atoms with van der Waals surface area (Å²) in [5.74, 6) is -2.79. The Balaban J connectivity index is 4.27. The normalized spacial score (nSPS) is 8.40. The molecule has 0 aromatic heterocycles. The van der Waals surface area contributed by atoms with Crippen LogP contribution in [0.15, 0.2) is 0 Å². The number of hydrogen-bond acceptors (Lipinski definition) is 3. The molecule has 0 fully saturated rings. The summed E-state index contributed by atoms with van der Waals surface area (Å²) in [5.41, 5.74) is 0. The van der Waals surface area contributed by atoms with Gasteiger partial charge in [-0.25, -0.2) is 9.00 Å².